The smallest absolute Gasteiger partial charge is 0.338 e. The summed E-state index contributed by atoms with van der Waals surface area (Å²) in [5.74, 6) is 0.227. The molecule has 0 radical (unpaired) electrons. The Kier molecular flexibility index (Phi) is 5.54. The zero-order chi connectivity index (χ0) is 18.7. The number of amides is 1. The number of ether oxygens (including phenoxy) is 3. The predicted molar refractivity (Wildman–Crippen MR) is 95.8 cm³/mol. The van der Waals surface area contributed by atoms with Gasteiger partial charge in [-0.1, -0.05) is 29.3 Å². The van der Waals surface area contributed by atoms with Crippen LogP contribution >= 0.6 is 23.2 Å². The number of carbonyl (C=O) groups is 2. The van der Waals surface area contributed by atoms with Crippen LogP contribution in [0.25, 0.3) is 0 Å². The van der Waals surface area contributed by atoms with E-state index < -0.39 is 18.0 Å². The van der Waals surface area contributed by atoms with Gasteiger partial charge in [-0.25, -0.2) is 4.79 Å². The first kappa shape index (κ1) is 18.4. The number of halogens is 2. The van der Waals surface area contributed by atoms with Gasteiger partial charge in [0.05, 0.1) is 15.6 Å². The van der Waals surface area contributed by atoms with Crippen molar-refractivity contribution in [2.24, 2.45) is 0 Å². The van der Waals surface area contributed by atoms with Crippen molar-refractivity contribution in [1.29, 1.82) is 0 Å². The van der Waals surface area contributed by atoms with Crippen molar-refractivity contribution in [3.63, 3.8) is 0 Å². The Labute approximate surface area is 159 Å². The molecule has 0 saturated heterocycles. The van der Waals surface area contributed by atoms with Gasteiger partial charge in [-0.15, -0.1) is 0 Å². The van der Waals surface area contributed by atoms with Gasteiger partial charge in [-0.05, 0) is 42.8 Å². The second-order valence-electron chi connectivity index (χ2n) is 5.58. The summed E-state index contributed by atoms with van der Waals surface area (Å²) >= 11 is 11.7. The van der Waals surface area contributed by atoms with Gasteiger partial charge in [-0.3, -0.25) is 4.79 Å². The summed E-state index contributed by atoms with van der Waals surface area (Å²) in [5, 5.41) is 3.28. The first-order valence-electron chi connectivity index (χ1n) is 7.76. The van der Waals surface area contributed by atoms with E-state index in [0.29, 0.717) is 16.5 Å². The normalized spacial score (nSPS) is 13.2. The molecule has 8 heteroatoms. The molecule has 1 N–H and O–H groups in total. The van der Waals surface area contributed by atoms with Gasteiger partial charge in [0.15, 0.2) is 17.6 Å². The molecule has 0 aromatic heterocycles. The molecule has 136 valence electrons. The largest absolute Gasteiger partial charge is 0.454 e. The van der Waals surface area contributed by atoms with E-state index in [-0.39, 0.29) is 23.9 Å². The Morgan fingerprint density at radius 1 is 1.12 bits per heavy atom. The molecule has 0 spiro atoms. The highest BCUT2D eigenvalue weighted by Gasteiger charge is 2.20. The molecule has 0 bridgehead atoms. The summed E-state index contributed by atoms with van der Waals surface area (Å²) < 4.78 is 15.7. The van der Waals surface area contributed by atoms with Crippen molar-refractivity contribution in [3.8, 4) is 11.5 Å². The lowest BCUT2D eigenvalue weighted by Crippen LogP contribution is -2.35. The summed E-state index contributed by atoms with van der Waals surface area (Å²) in [7, 11) is 0. The minimum Gasteiger partial charge on any atom is -0.454 e. The Hall–Kier alpha value is -2.44. The molecule has 2 aromatic carbocycles. The maximum Gasteiger partial charge on any atom is 0.338 e. The van der Waals surface area contributed by atoms with E-state index in [1.807, 2.05) is 6.07 Å². The highest BCUT2D eigenvalue weighted by molar-refractivity contribution is 6.42. The van der Waals surface area contributed by atoms with E-state index in [0.717, 1.165) is 5.56 Å². The lowest BCUT2D eigenvalue weighted by molar-refractivity contribution is -0.129. The average Bonchev–Trinajstić information content (AvgIpc) is 3.09. The lowest BCUT2D eigenvalue weighted by atomic mass is 10.2. The van der Waals surface area contributed by atoms with Gasteiger partial charge in [-0.2, -0.15) is 0 Å². The summed E-state index contributed by atoms with van der Waals surface area (Å²) in [6.07, 6.45) is -0.967. The van der Waals surface area contributed by atoms with Crippen molar-refractivity contribution in [2.45, 2.75) is 19.6 Å². The maximum atomic E-state index is 12.1. The molecular weight excluding hydrogens is 381 g/mol. The first-order chi connectivity index (χ1) is 12.4. The molecular formula is C18H15Cl2NO5. The number of rotatable bonds is 5. The number of hydrogen-bond donors (Lipinski definition) is 1. The Morgan fingerprint density at radius 2 is 1.88 bits per heavy atom. The molecule has 1 amide bonds. The maximum absolute atomic E-state index is 12.1. The fourth-order valence-electron chi connectivity index (χ4n) is 2.29. The van der Waals surface area contributed by atoms with Gasteiger partial charge in [0.25, 0.3) is 5.91 Å². The quantitative estimate of drug-likeness (QED) is 0.783. The molecule has 0 aliphatic carbocycles. The van der Waals surface area contributed by atoms with Crippen LogP contribution in [-0.2, 0) is 16.1 Å². The summed E-state index contributed by atoms with van der Waals surface area (Å²) in [5.41, 5.74) is 1.06. The van der Waals surface area contributed by atoms with Crippen molar-refractivity contribution >= 4 is 35.1 Å². The van der Waals surface area contributed by atoms with Gasteiger partial charge in [0.1, 0.15) is 0 Å². The fraction of sp³-hybridized carbons (Fsp3) is 0.222. The van der Waals surface area contributed by atoms with Crippen molar-refractivity contribution < 1.29 is 23.8 Å². The zero-order valence-corrected chi connectivity index (χ0v) is 15.3. The van der Waals surface area contributed by atoms with Crippen LogP contribution in [0.5, 0.6) is 11.5 Å². The SMILES string of the molecule is CC(OC(=O)c1ccc(Cl)c(Cl)c1)C(=O)NCc1ccc2c(c1)OCO2. The van der Waals surface area contributed by atoms with Crippen LogP contribution in [0.15, 0.2) is 36.4 Å². The Balaban J connectivity index is 1.54. The molecule has 1 atom stereocenters. The number of carbonyl (C=O) groups excluding carboxylic acids is 2. The third-order valence-corrected chi connectivity index (χ3v) is 4.45. The van der Waals surface area contributed by atoms with E-state index in [9.17, 15) is 9.59 Å². The van der Waals surface area contributed by atoms with Gasteiger partial charge < -0.3 is 19.5 Å². The lowest BCUT2D eigenvalue weighted by Gasteiger charge is -2.14. The van der Waals surface area contributed by atoms with Crippen LogP contribution in [0.3, 0.4) is 0 Å². The van der Waals surface area contributed by atoms with E-state index in [4.69, 9.17) is 37.4 Å². The van der Waals surface area contributed by atoms with Crippen LogP contribution in [0.1, 0.15) is 22.8 Å². The van der Waals surface area contributed by atoms with Crippen molar-refractivity contribution in [3.05, 3.63) is 57.6 Å². The third kappa shape index (κ3) is 4.20. The summed E-state index contributed by atoms with van der Waals surface area (Å²) in [6, 6.07) is 9.74. The minimum atomic E-state index is -0.967. The van der Waals surface area contributed by atoms with Gasteiger partial charge >= 0.3 is 5.97 Å². The number of esters is 1. The van der Waals surface area contributed by atoms with E-state index in [1.54, 1.807) is 12.1 Å². The summed E-state index contributed by atoms with van der Waals surface area (Å²) in [4.78, 5) is 24.2. The molecule has 0 fully saturated rings. The Bertz CT molecular complexity index is 855. The average molecular weight is 396 g/mol. The van der Waals surface area contributed by atoms with E-state index in [1.165, 1.54) is 25.1 Å². The van der Waals surface area contributed by atoms with Crippen LogP contribution in [-0.4, -0.2) is 24.8 Å². The van der Waals surface area contributed by atoms with Crippen LogP contribution in [0.2, 0.25) is 10.0 Å². The van der Waals surface area contributed by atoms with E-state index >= 15 is 0 Å². The third-order valence-electron chi connectivity index (χ3n) is 3.71. The summed E-state index contributed by atoms with van der Waals surface area (Å²) in [6.45, 7) is 1.95. The van der Waals surface area contributed by atoms with Crippen LogP contribution in [0, 0.1) is 0 Å². The van der Waals surface area contributed by atoms with Crippen LogP contribution < -0.4 is 14.8 Å². The van der Waals surface area contributed by atoms with Crippen molar-refractivity contribution in [2.75, 3.05) is 6.79 Å². The Morgan fingerprint density at radius 3 is 2.65 bits per heavy atom. The van der Waals surface area contributed by atoms with Crippen molar-refractivity contribution in [1.82, 2.24) is 5.32 Å². The predicted octanol–water partition coefficient (Wildman–Crippen LogP) is 3.58. The number of nitrogens with one attached hydrogen (secondary N) is 1. The highest BCUT2D eigenvalue weighted by Crippen LogP contribution is 2.32. The number of hydrogen-bond acceptors (Lipinski definition) is 5. The standard InChI is InChI=1S/C18H15Cl2NO5/c1-10(26-18(23)12-3-4-13(19)14(20)7-12)17(22)21-8-11-2-5-15-16(6-11)25-9-24-15/h2-7,10H,8-9H2,1H3,(H,21,22). The number of fused-ring (bicyclic) bond motifs is 1. The number of benzene rings is 2. The highest BCUT2D eigenvalue weighted by atomic mass is 35.5. The van der Waals surface area contributed by atoms with Crippen LogP contribution in [0.4, 0.5) is 0 Å². The minimum absolute atomic E-state index is 0.187. The van der Waals surface area contributed by atoms with Gasteiger partial charge in [0.2, 0.25) is 6.79 Å². The molecule has 1 heterocycles. The molecule has 2 aromatic rings. The molecule has 1 aliphatic rings. The second kappa shape index (κ2) is 7.85. The molecule has 6 nitrogen and oxygen atoms in total. The van der Waals surface area contributed by atoms with Gasteiger partial charge in [0, 0.05) is 6.54 Å². The molecule has 1 unspecified atom stereocenters. The monoisotopic (exact) mass is 395 g/mol. The first-order valence-corrected chi connectivity index (χ1v) is 8.52. The molecule has 26 heavy (non-hydrogen) atoms. The van der Waals surface area contributed by atoms with E-state index in [2.05, 4.69) is 5.32 Å². The topological polar surface area (TPSA) is 73.9 Å². The second-order valence-corrected chi connectivity index (χ2v) is 6.40. The molecule has 0 saturated carbocycles. The zero-order valence-electron chi connectivity index (χ0n) is 13.8. The fourth-order valence-corrected chi connectivity index (χ4v) is 2.59. The molecule has 3 rings (SSSR count). The molecule has 1 aliphatic heterocycles.